The highest BCUT2D eigenvalue weighted by Gasteiger charge is 2.27. The monoisotopic (exact) mass is 650 g/mol. The van der Waals surface area contributed by atoms with Crippen molar-refractivity contribution in [2.24, 2.45) is 0 Å². The van der Waals surface area contributed by atoms with E-state index in [-0.39, 0.29) is 0 Å². The Morgan fingerprint density at radius 1 is 0.588 bits per heavy atom. The van der Waals surface area contributed by atoms with Gasteiger partial charge in [0.15, 0.2) is 0 Å². The maximum absolute atomic E-state index is 6.17. The van der Waals surface area contributed by atoms with Gasteiger partial charge in [0.1, 0.15) is 0 Å². The van der Waals surface area contributed by atoms with E-state index in [0.717, 1.165) is 33.6 Å². The first kappa shape index (κ1) is 30.3. The van der Waals surface area contributed by atoms with Crippen LogP contribution in [0.4, 0.5) is 11.4 Å². The molecule has 0 atom stereocenters. The fourth-order valence-electron chi connectivity index (χ4n) is 7.65. The summed E-state index contributed by atoms with van der Waals surface area (Å²) in [7, 11) is 0. The normalized spacial score (nSPS) is 12.0. The fourth-order valence-corrected chi connectivity index (χ4v) is 7.65. The number of terminal acetylenes is 1. The molecule has 1 aliphatic heterocycles. The van der Waals surface area contributed by atoms with Crippen LogP contribution in [0.1, 0.15) is 12.5 Å². The molecule has 7 aromatic carbocycles. The van der Waals surface area contributed by atoms with Crippen LogP contribution in [-0.2, 0) is 0 Å². The van der Waals surface area contributed by atoms with Gasteiger partial charge in [-0.2, -0.15) is 0 Å². The quantitative estimate of drug-likeness (QED) is 0.140. The van der Waals surface area contributed by atoms with Crippen molar-refractivity contribution in [2.75, 3.05) is 5.32 Å². The predicted octanol–water partition coefficient (Wildman–Crippen LogP) is 13.1. The Morgan fingerprint density at radius 3 is 2.06 bits per heavy atom. The Balaban J connectivity index is 1.35. The topological polar surface area (TPSA) is 17.0 Å². The summed E-state index contributed by atoms with van der Waals surface area (Å²) in [5.74, 6) is 2.96. The zero-order valence-electron chi connectivity index (χ0n) is 28.3. The number of allylic oxidation sites excluding steroid dienone is 4. The van der Waals surface area contributed by atoms with E-state index in [1.54, 1.807) is 0 Å². The molecule has 0 fully saturated rings. The number of nitrogens with one attached hydrogen (secondary N) is 1. The molecule has 0 bridgehead atoms. The lowest BCUT2D eigenvalue weighted by molar-refractivity contribution is 1.19. The van der Waals surface area contributed by atoms with Crippen LogP contribution in [0.5, 0.6) is 0 Å². The summed E-state index contributed by atoms with van der Waals surface area (Å²) in [5.41, 5.74) is 16.9. The maximum Gasteiger partial charge on any atom is 0.0620 e. The molecule has 2 heterocycles. The van der Waals surface area contributed by atoms with Gasteiger partial charge in [0, 0.05) is 50.0 Å². The third-order valence-corrected chi connectivity index (χ3v) is 9.93. The molecule has 0 aliphatic carbocycles. The van der Waals surface area contributed by atoms with Gasteiger partial charge in [0.05, 0.1) is 16.7 Å². The van der Waals surface area contributed by atoms with Crippen LogP contribution >= 0.6 is 0 Å². The minimum atomic E-state index is 0.818. The highest BCUT2D eigenvalue weighted by atomic mass is 15.0. The van der Waals surface area contributed by atoms with Gasteiger partial charge in [-0.3, -0.25) is 0 Å². The Hall–Kier alpha value is -6.82. The van der Waals surface area contributed by atoms with Crippen LogP contribution in [0.15, 0.2) is 176 Å². The molecule has 240 valence electrons. The van der Waals surface area contributed by atoms with Crippen molar-refractivity contribution < 1.29 is 0 Å². The summed E-state index contributed by atoms with van der Waals surface area (Å²) in [6.07, 6.45) is 12.2. The first-order valence-electron chi connectivity index (χ1n) is 17.4. The summed E-state index contributed by atoms with van der Waals surface area (Å²) in [6, 6.07) is 56.7. The van der Waals surface area contributed by atoms with Crippen molar-refractivity contribution in [3.63, 3.8) is 0 Å². The minimum Gasteiger partial charge on any atom is -0.355 e. The van der Waals surface area contributed by atoms with Crippen molar-refractivity contribution in [2.45, 2.75) is 6.92 Å². The van der Waals surface area contributed by atoms with Crippen LogP contribution in [0.25, 0.3) is 77.6 Å². The number of nitrogens with zero attached hydrogens (tertiary/aromatic N) is 1. The summed E-state index contributed by atoms with van der Waals surface area (Å²) >= 11 is 0. The van der Waals surface area contributed by atoms with Crippen molar-refractivity contribution >= 4 is 38.8 Å². The molecule has 51 heavy (non-hydrogen) atoms. The van der Waals surface area contributed by atoms with E-state index in [1.807, 2.05) is 43.4 Å². The Kier molecular flexibility index (Phi) is 7.46. The molecule has 1 aliphatic rings. The van der Waals surface area contributed by atoms with E-state index in [1.165, 1.54) is 60.9 Å². The molecule has 2 heteroatoms. The van der Waals surface area contributed by atoms with Gasteiger partial charge in [0.25, 0.3) is 0 Å². The summed E-state index contributed by atoms with van der Waals surface area (Å²) < 4.78 is 2.51. The van der Waals surface area contributed by atoms with Crippen LogP contribution in [0.2, 0.25) is 0 Å². The van der Waals surface area contributed by atoms with Crippen LogP contribution in [-0.4, -0.2) is 4.57 Å². The number of hydrogen-bond donors (Lipinski definition) is 1. The second kappa shape index (κ2) is 12.6. The van der Waals surface area contributed by atoms with E-state index in [4.69, 9.17) is 6.42 Å². The highest BCUT2D eigenvalue weighted by Crippen LogP contribution is 2.50. The molecule has 0 amide bonds. The third kappa shape index (κ3) is 5.07. The number of anilines is 2. The first-order valence-corrected chi connectivity index (χ1v) is 17.4. The molecule has 1 N–H and O–H groups in total. The predicted molar refractivity (Wildman–Crippen MR) is 217 cm³/mol. The van der Waals surface area contributed by atoms with Crippen LogP contribution in [0, 0.1) is 12.3 Å². The molecule has 0 saturated heterocycles. The number of fused-ring (bicyclic) bond motifs is 8. The lowest BCUT2D eigenvalue weighted by atomic mass is 9.89. The first-order chi connectivity index (χ1) is 25.2. The summed E-state index contributed by atoms with van der Waals surface area (Å²) in [4.78, 5) is 0. The average Bonchev–Trinajstić information content (AvgIpc) is 3.46. The molecule has 0 saturated carbocycles. The van der Waals surface area contributed by atoms with Gasteiger partial charge in [-0.1, -0.05) is 133 Å². The SMILES string of the molecule is C#C/C(=C\C=C/C)c1cc(-c2cc3c4c(c2)c2ccccc2n4-c2c(-c4ccccc4)cccc2-c2ccccc2-3)ccc1Nc1ccccc1. The number of benzene rings is 7. The second-order valence-corrected chi connectivity index (χ2v) is 12.9. The smallest absolute Gasteiger partial charge is 0.0620 e. The van der Waals surface area contributed by atoms with Crippen LogP contribution in [0.3, 0.4) is 0 Å². The Labute approximate surface area is 298 Å². The Morgan fingerprint density at radius 2 is 1.27 bits per heavy atom. The molecule has 0 spiro atoms. The zero-order chi connectivity index (χ0) is 34.3. The van der Waals surface area contributed by atoms with E-state index < -0.39 is 0 Å². The number of hydrogen-bond acceptors (Lipinski definition) is 1. The zero-order valence-corrected chi connectivity index (χ0v) is 28.3. The Bertz CT molecular complexity index is 2720. The largest absolute Gasteiger partial charge is 0.355 e. The second-order valence-electron chi connectivity index (χ2n) is 12.9. The molecule has 1 aromatic heterocycles. The van der Waals surface area contributed by atoms with Gasteiger partial charge >= 0.3 is 0 Å². The minimum absolute atomic E-state index is 0.818. The highest BCUT2D eigenvalue weighted by molar-refractivity contribution is 6.18. The van der Waals surface area contributed by atoms with Gasteiger partial charge < -0.3 is 9.88 Å². The van der Waals surface area contributed by atoms with Crippen molar-refractivity contribution in [3.05, 3.63) is 182 Å². The van der Waals surface area contributed by atoms with Gasteiger partial charge in [-0.05, 0) is 83.3 Å². The molecule has 0 unspecified atom stereocenters. The molecule has 2 nitrogen and oxygen atoms in total. The fraction of sp³-hybridized carbons (Fsp3) is 0.0204. The van der Waals surface area contributed by atoms with Gasteiger partial charge in [-0.15, -0.1) is 6.42 Å². The van der Waals surface area contributed by atoms with E-state index in [2.05, 4.69) is 155 Å². The molecular formula is C49H34N2. The van der Waals surface area contributed by atoms with Crippen molar-refractivity contribution in [3.8, 4) is 62.5 Å². The lowest BCUT2D eigenvalue weighted by Gasteiger charge is -2.17. The van der Waals surface area contributed by atoms with E-state index in [0.29, 0.717) is 0 Å². The van der Waals surface area contributed by atoms with E-state index >= 15 is 0 Å². The average molecular weight is 651 g/mol. The molecule has 0 radical (unpaired) electrons. The molecule has 9 rings (SSSR count). The maximum atomic E-state index is 6.17. The number of para-hydroxylation sites is 3. The molecular weight excluding hydrogens is 617 g/mol. The van der Waals surface area contributed by atoms with Gasteiger partial charge in [0.2, 0.25) is 0 Å². The third-order valence-electron chi connectivity index (χ3n) is 9.93. The van der Waals surface area contributed by atoms with Gasteiger partial charge in [-0.25, -0.2) is 0 Å². The molecule has 8 aromatic rings. The standard InChI is InChI=1S/C49H34N2/c1-3-5-17-33(4-2)43-30-35(28-29-46(43)50-37-20-10-7-11-21-37)36-31-44-40-23-13-12-22-39(40)42-26-16-25-38(34-18-8-6-9-19-34)48(42)51-47-27-15-14-24-41(47)45(32-36)49(44)51/h2-3,5-32,50H,1H3/b5-3-,33-17+. The van der Waals surface area contributed by atoms with Crippen molar-refractivity contribution in [1.29, 1.82) is 0 Å². The van der Waals surface area contributed by atoms with Crippen molar-refractivity contribution in [1.82, 2.24) is 4.57 Å². The number of aromatic nitrogens is 1. The van der Waals surface area contributed by atoms with Crippen LogP contribution < -0.4 is 5.32 Å². The lowest BCUT2D eigenvalue weighted by Crippen LogP contribution is -1.99. The van der Waals surface area contributed by atoms with E-state index in [9.17, 15) is 0 Å². The summed E-state index contributed by atoms with van der Waals surface area (Å²) in [5, 5.41) is 6.06. The number of rotatable bonds is 6. The summed E-state index contributed by atoms with van der Waals surface area (Å²) in [6.45, 7) is 2.00.